The predicted molar refractivity (Wildman–Crippen MR) is 91.5 cm³/mol. The molecule has 0 aromatic carbocycles. The van der Waals surface area contributed by atoms with E-state index >= 15 is 0 Å². The number of anilines is 1. The summed E-state index contributed by atoms with van der Waals surface area (Å²) in [6, 6.07) is 1.80. The number of aromatic nitrogens is 2. The van der Waals surface area contributed by atoms with Crippen LogP contribution in [0.1, 0.15) is 46.5 Å². The van der Waals surface area contributed by atoms with Crippen LogP contribution in [0.4, 0.5) is 10.6 Å². The molecule has 2 amide bonds. The molecule has 2 rings (SSSR count). The SMILES string of the molecule is CCCO[C@@H]1CCCN(C(=O)Nc2ccnn2CCC(C)C)C1. The van der Waals surface area contributed by atoms with Crippen LogP contribution in [0.2, 0.25) is 0 Å². The molecule has 1 aliphatic rings. The summed E-state index contributed by atoms with van der Waals surface area (Å²) in [5, 5.41) is 7.29. The summed E-state index contributed by atoms with van der Waals surface area (Å²) in [6.45, 7) is 9.53. The molecule has 6 nitrogen and oxygen atoms in total. The molecule has 130 valence electrons. The molecule has 1 N–H and O–H groups in total. The summed E-state index contributed by atoms with van der Waals surface area (Å²) >= 11 is 0. The van der Waals surface area contributed by atoms with Gasteiger partial charge in [0.1, 0.15) is 5.82 Å². The van der Waals surface area contributed by atoms with Gasteiger partial charge in [-0.2, -0.15) is 5.10 Å². The van der Waals surface area contributed by atoms with Gasteiger partial charge in [0.15, 0.2) is 0 Å². The zero-order valence-corrected chi connectivity index (χ0v) is 14.6. The smallest absolute Gasteiger partial charge is 0.323 e. The number of rotatable bonds is 7. The van der Waals surface area contributed by atoms with E-state index in [2.05, 4.69) is 31.2 Å². The molecular formula is C17H30N4O2. The van der Waals surface area contributed by atoms with Crippen LogP contribution >= 0.6 is 0 Å². The van der Waals surface area contributed by atoms with Gasteiger partial charge < -0.3 is 9.64 Å². The van der Waals surface area contributed by atoms with Gasteiger partial charge in [-0.25, -0.2) is 9.48 Å². The van der Waals surface area contributed by atoms with Gasteiger partial charge in [-0.1, -0.05) is 20.8 Å². The molecule has 6 heteroatoms. The lowest BCUT2D eigenvalue weighted by molar-refractivity contribution is 0.0115. The fraction of sp³-hybridized carbons (Fsp3) is 0.765. The Bertz CT molecular complexity index is 487. The minimum atomic E-state index is -0.0545. The van der Waals surface area contributed by atoms with E-state index in [-0.39, 0.29) is 12.1 Å². The fourth-order valence-corrected chi connectivity index (χ4v) is 2.73. The van der Waals surface area contributed by atoms with Crippen molar-refractivity contribution in [1.29, 1.82) is 0 Å². The Morgan fingerprint density at radius 1 is 1.52 bits per heavy atom. The number of ether oxygens (including phenoxy) is 1. The maximum atomic E-state index is 12.5. The number of hydrogen-bond acceptors (Lipinski definition) is 3. The highest BCUT2D eigenvalue weighted by molar-refractivity contribution is 5.88. The third kappa shape index (κ3) is 5.53. The summed E-state index contributed by atoms with van der Waals surface area (Å²) in [5.74, 6) is 1.38. The minimum Gasteiger partial charge on any atom is -0.376 e. The number of aryl methyl sites for hydroxylation is 1. The number of carbonyl (C=O) groups is 1. The Morgan fingerprint density at radius 3 is 3.09 bits per heavy atom. The Balaban J connectivity index is 1.87. The zero-order valence-electron chi connectivity index (χ0n) is 14.6. The van der Waals surface area contributed by atoms with Crippen molar-refractivity contribution in [2.24, 2.45) is 5.92 Å². The summed E-state index contributed by atoms with van der Waals surface area (Å²) in [6.07, 6.45) is 5.99. The van der Waals surface area contributed by atoms with Crippen molar-refractivity contribution < 1.29 is 9.53 Å². The van der Waals surface area contributed by atoms with Gasteiger partial charge in [-0.15, -0.1) is 0 Å². The van der Waals surface area contributed by atoms with Crippen LogP contribution in [0.15, 0.2) is 12.3 Å². The lowest BCUT2D eigenvalue weighted by atomic mass is 10.1. The van der Waals surface area contributed by atoms with Crippen LogP contribution in [0.25, 0.3) is 0 Å². The zero-order chi connectivity index (χ0) is 16.7. The quantitative estimate of drug-likeness (QED) is 0.837. The topological polar surface area (TPSA) is 59.4 Å². The molecule has 0 aliphatic carbocycles. The van der Waals surface area contributed by atoms with E-state index in [9.17, 15) is 4.79 Å². The second-order valence-corrected chi connectivity index (χ2v) is 6.63. The molecule has 1 aliphatic heterocycles. The molecule has 2 heterocycles. The first kappa shape index (κ1) is 17.8. The molecule has 0 bridgehead atoms. The Morgan fingerprint density at radius 2 is 2.35 bits per heavy atom. The van der Waals surface area contributed by atoms with E-state index < -0.39 is 0 Å². The van der Waals surface area contributed by atoms with E-state index in [4.69, 9.17) is 4.74 Å². The average Bonchev–Trinajstić information content (AvgIpc) is 2.98. The molecule has 1 saturated heterocycles. The maximum absolute atomic E-state index is 12.5. The Labute approximate surface area is 139 Å². The summed E-state index contributed by atoms with van der Waals surface area (Å²) in [7, 11) is 0. The van der Waals surface area contributed by atoms with E-state index in [1.165, 1.54) is 0 Å². The van der Waals surface area contributed by atoms with E-state index in [0.717, 1.165) is 51.2 Å². The number of likely N-dealkylation sites (tertiary alicyclic amines) is 1. The highest BCUT2D eigenvalue weighted by Gasteiger charge is 2.24. The van der Waals surface area contributed by atoms with Gasteiger partial charge in [-0.05, 0) is 31.6 Å². The number of nitrogens with zero attached hydrogens (tertiary/aromatic N) is 3. The van der Waals surface area contributed by atoms with Crippen molar-refractivity contribution >= 4 is 11.8 Å². The Hall–Kier alpha value is -1.56. The van der Waals surface area contributed by atoms with Crippen LogP contribution < -0.4 is 5.32 Å². The van der Waals surface area contributed by atoms with Crippen molar-refractivity contribution in [2.75, 3.05) is 25.0 Å². The molecule has 0 radical (unpaired) electrons. The molecule has 0 unspecified atom stereocenters. The normalized spacial score (nSPS) is 18.4. The number of amides is 2. The lowest BCUT2D eigenvalue weighted by Gasteiger charge is -2.32. The number of hydrogen-bond donors (Lipinski definition) is 1. The fourth-order valence-electron chi connectivity index (χ4n) is 2.73. The van der Waals surface area contributed by atoms with Crippen molar-refractivity contribution in [3.05, 3.63) is 12.3 Å². The van der Waals surface area contributed by atoms with Gasteiger partial charge in [0.05, 0.1) is 12.3 Å². The van der Waals surface area contributed by atoms with Gasteiger partial charge in [-0.3, -0.25) is 5.32 Å². The van der Waals surface area contributed by atoms with Gasteiger partial charge in [0.25, 0.3) is 0 Å². The predicted octanol–water partition coefficient (Wildman–Crippen LogP) is 3.35. The summed E-state index contributed by atoms with van der Waals surface area (Å²) < 4.78 is 7.67. The lowest BCUT2D eigenvalue weighted by Crippen LogP contribution is -2.45. The van der Waals surface area contributed by atoms with Crippen LogP contribution in [0.3, 0.4) is 0 Å². The van der Waals surface area contributed by atoms with Crippen LogP contribution in [0.5, 0.6) is 0 Å². The number of carbonyl (C=O) groups excluding carboxylic acids is 1. The van der Waals surface area contributed by atoms with Gasteiger partial charge in [0, 0.05) is 32.3 Å². The molecule has 1 aromatic rings. The molecular weight excluding hydrogens is 292 g/mol. The van der Waals surface area contributed by atoms with Crippen LogP contribution in [-0.4, -0.2) is 46.5 Å². The number of nitrogens with one attached hydrogen (secondary N) is 1. The largest absolute Gasteiger partial charge is 0.376 e. The summed E-state index contributed by atoms with van der Waals surface area (Å²) in [4.78, 5) is 14.3. The first-order valence-corrected chi connectivity index (χ1v) is 8.79. The number of piperidine rings is 1. The molecule has 0 saturated carbocycles. The maximum Gasteiger partial charge on any atom is 0.323 e. The molecule has 1 atom stereocenters. The van der Waals surface area contributed by atoms with Crippen molar-refractivity contribution in [3.8, 4) is 0 Å². The molecule has 23 heavy (non-hydrogen) atoms. The third-order valence-corrected chi connectivity index (χ3v) is 4.09. The number of urea groups is 1. The van der Waals surface area contributed by atoms with E-state index in [1.807, 2.05) is 15.6 Å². The molecule has 0 spiro atoms. The Kier molecular flexibility index (Phi) is 6.89. The monoisotopic (exact) mass is 322 g/mol. The van der Waals surface area contributed by atoms with Crippen molar-refractivity contribution in [3.63, 3.8) is 0 Å². The second-order valence-electron chi connectivity index (χ2n) is 6.63. The highest BCUT2D eigenvalue weighted by atomic mass is 16.5. The summed E-state index contributed by atoms with van der Waals surface area (Å²) in [5.41, 5.74) is 0. The molecule has 1 aromatic heterocycles. The average molecular weight is 322 g/mol. The first-order valence-electron chi connectivity index (χ1n) is 8.79. The first-order chi connectivity index (χ1) is 11.1. The van der Waals surface area contributed by atoms with Crippen LogP contribution in [0, 0.1) is 5.92 Å². The van der Waals surface area contributed by atoms with Crippen molar-refractivity contribution in [2.45, 2.75) is 59.1 Å². The van der Waals surface area contributed by atoms with Crippen LogP contribution in [-0.2, 0) is 11.3 Å². The standard InChI is InChI=1S/C17H30N4O2/c1-4-12-23-15-6-5-10-20(13-15)17(22)19-16-7-9-18-21(16)11-8-14(2)3/h7,9,14-15H,4-6,8,10-13H2,1-3H3,(H,19,22)/t15-/m1/s1. The van der Waals surface area contributed by atoms with E-state index in [1.54, 1.807) is 6.20 Å². The van der Waals surface area contributed by atoms with Gasteiger partial charge >= 0.3 is 6.03 Å². The highest BCUT2D eigenvalue weighted by Crippen LogP contribution is 2.16. The third-order valence-electron chi connectivity index (χ3n) is 4.09. The second kappa shape index (κ2) is 8.91. The van der Waals surface area contributed by atoms with Gasteiger partial charge in [0.2, 0.25) is 0 Å². The minimum absolute atomic E-state index is 0.0545. The van der Waals surface area contributed by atoms with E-state index in [0.29, 0.717) is 12.5 Å². The molecule has 1 fully saturated rings. The van der Waals surface area contributed by atoms with Crippen molar-refractivity contribution in [1.82, 2.24) is 14.7 Å².